The Morgan fingerprint density at radius 1 is 1.15 bits per heavy atom. The monoisotopic (exact) mass is 566 g/mol. The van der Waals surface area contributed by atoms with Crippen molar-refractivity contribution in [2.24, 2.45) is 5.92 Å². The van der Waals surface area contributed by atoms with Gasteiger partial charge in [-0.25, -0.2) is 9.78 Å². The second-order valence-corrected chi connectivity index (χ2v) is 11.4. The Morgan fingerprint density at radius 3 is 2.59 bits per heavy atom. The molecule has 0 saturated heterocycles. The first kappa shape index (κ1) is 27.0. The van der Waals surface area contributed by atoms with Crippen molar-refractivity contribution < 1.29 is 14.5 Å². The SMILES string of the molecule is Cc1cncc(-c2ccc(-c3cc4cnc([S+](C)[O-])nc4n(C[C@H]4CC[C@H](NC(=O)O)CC4)c3=O)c(Cl)c2)n1. The summed E-state index contributed by atoms with van der Waals surface area (Å²) in [6.45, 7) is 2.26. The number of hydrogen-bond donors (Lipinski definition) is 2. The highest BCUT2D eigenvalue weighted by atomic mass is 35.5. The summed E-state index contributed by atoms with van der Waals surface area (Å²) >= 11 is 5.30. The number of carboxylic acid groups (broad SMARTS) is 1. The average Bonchev–Trinajstić information content (AvgIpc) is 2.90. The molecule has 0 bridgehead atoms. The van der Waals surface area contributed by atoms with Gasteiger partial charge in [-0.1, -0.05) is 23.7 Å². The molecule has 10 nitrogen and oxygen atoms in total. The average molecular weight is 567 g/mol. The fraction of sp³-hybridized carbons (Fsp3) is 0.333. The molecule has 12 heteroatoms. The molecule has 1 saturated carbocycles. The van der Waals surface area contributed by atoms with Crippen LogP contribution in [0, 0.1) is 12.8 Å². The van der Waals surface area contributed by atoms with E-state index < -0.39 is 17.3 Å². The van der Waals surface area contributed by atoms with E-state index in [0.29, 0.717) is 52.3 Å². The van der Waals surface area contributed by atoms with Crippen molar-refractivity contribution in [2.75, 3.05) is 6.26 Å². The topological polar surface area (TPSA) is 146 Å². The van der Waals surface area contributed by atoms with Crippen molar-refractivity contribution in [2.45, 2.75) is 50.4 Å². The molecule has 1 atom stereocenters. The van der Waals surface area contributed by atoms with Crippen LogP contribution in [0.3, 0.4) is 0 Å². The number of amides is 1. The molecule has 202 valence electrons. The molecule has 1 aliphatic carbocycles. The first-order valence-electron chi connectivity index (χ1n) is 12.5. The van der Waals surface area contributed by atoms with E-state index in [1.807, 2.05) is 13.0 Å². The van der Waals surface area contributed by atoms with E-state index in [2.05, 4.69) is 25.3 Å². The minimum Gasteiger partial charge on any atom is -0.609 e. The van der Waals surface area contributed by atoms with Gasteiger partial charge in [0.2, 0.25) is 0 Å². The summed E-state index contributed by atoms with van der Waals surface area (Å²) in [7, 11) is 0. The second-order valence-electron chi connectivity index (χ2n) is 9.77. The summed E-state index contributed by atoms with van der Waals surface area (Å²) in [6.07, 6.45) is 8.28. The number of hydrogen-bond acceptors (Lipinski definition) is 7. The van der Waals surface area contributed by atoms with Crippen LogP contribution in [0.2, 0.25) is 5.02 Å². The number of nitrogens with one attached hydrogen (secondary N) is 1. The standard InChI is InChI=1S/C27H27ClN6O4S/c1-15-11-29-13-23(31-15)17-5-8-20(22(28)10-17)21-9-18-12-30-26(39(2)38)33-24(18)34(25(21)35)14-16-3-6-19(7-4-16)32-27(36)37/h5,8-13,16,19,32H,3-4,6-7,14H2,1-2H3,(H,36,37)/t16-,19-,39?. The number of aromatic nitrogens is 5. The first-order valence-corrected chi connectivity index (χ1v) is 14.5. The highest BCUT2D eigenvalue weighted by Gasteiger charge is 2.25. The molecular weight excluding hydrogens is 540 g/mol. The Balaban J connectivity index is 1.55. The number of aryl methyl sites for hydroxylation is 1. The van der Waals surface area contributed by atoms with Crippen LogP contribution in [0.5, 0.6) is 0 Å². The van der Waals surface area contributed by atoms with Crippen molar-refractivity contribution in [3.63, 3.8) is 0 Å². The largest absolute Gasteiger partial charge is 0.609 e. The molecule has 39 heavy (non-hydrogen) atoms. The third kappa shape index (κ3) is 5.90. The second kappa shape index (κ2) is 11.3. The van der Waals surface area contributed by atoms with Gasteiger partial charge in [-0.2, -0.15) is 9.97 Å². The molecule has 1 aliphatic rings. The summed E-state index contributed by atoms with van der Waals surface area (Å²) in [4.78, 5) is 42.4. The molecule has 5 rings (SSSR count). The highest BCUT2D eigenvalue weighted by molar-refractivity contribution is 7.90. The maximum absolute atomic E-state index is 14.0. The quantitative estimate of drug-likeness (QED) is 0.257. The third-order valence-electron chi connectivity index (χ3n) is 6.99. The van der Waals surface area contributed by atoms with E-state index in [1.165, 1.54) is 6.26 Å². The van der Waals surface area contributed by atoms with E-state index in [-0.39, 0.29) is 22.7 Å². The van der Waals surface area contributed by atoms with Crippen LogP contribution in [0.1, 0.15) is 31.4 Å². The van der Waals surface area contributed by atoms with E-state index in [0.717, 1.165) is 24.1 Å². The fourth-order valence-corrected chi connectivity index (χ4v) is 5.76. The van der Waals surface area contributed by atoms with Gasteiger partial charge in [0.25, 0.3) is 5.56 Å². The molecule has 2 N–H and O–H groups in total. The predicted octanol–water partition coefficient (Wildman–Crippen LogP) is 4.44. The maximum atomic E-state index is 14.0. The minimum atomic E-state index is -1.42. The lowest BCUT2D eigenvalue weighted by Gasteiger charge is -2.29. The lowest BCUT2D eigenvalue weighted by atomic mass is 9.86. The van der Waals surface area contributed by atoms with Gasteiger partial charge >= 0.3 is 11.2 Å². The van der Waals surface area contributed by atoms with Crippen LogP contribution in [-0.4, -0.2) is 52.6 Å². The van der Waals surface area contributed by atoms with E-state index in [9.17, 15) is 14.1 Å². The zero-order valence-corrected chi connectivity index (χ0v) is 23.0. The fourth-order valence-electron chi connectivity index (χ4n) is 5.06. The number of fused-ring (bicyclic) bond motifs is 1. The van der Waals surface area contributed by atoms with Gasteiger partial charge < -0.3 is 15.0 Å². The summed E-state index contributed by atoms with van der Waals surface area (Å²) in [5.41, 5.74) is 3.38. The number of halogens is 1. The van der Waals surface area contributed by atoms with Crippen LogP contribution < -0.4 is 10.9 Å². The molecule has 3 heterocycles. The lowest BCUT2D eigenvalue weighted by Crippen LogP contribution is -2.38. The van der Waals surface area contributed by atoms with Crippen molar-refractivity contribution in [1.29, 1.82) is 0 Å². The van der Waals surface area contributed by atoms with Gasteiger partial charge in [-0.15, -0.1) is 0 Å². The van der Waals surface area contributed by atoms with Crippen LogP contribution in [0.15, 0.2) is 52.8 Å². The molecule has 0 aliphatic heterocycles. The van der Waals surface area contributed by atoms with Gasteiger partial charge in [0.05, 0.1) is 17.6 Å². The molecule has 0 radical (unpaired) electrons. The molecule has 4 aromatic rings. The summed E-state index contributed by atoms with van der Waals surface area (Å²) in [6, 6.07) is 7.05. The Morgan fingerprint density at radius 2 is 1.92 bits per heavy atom. The predicted molar refractivity (Wildman–Crippen MR) is 149 cm³/mol. The minimum absolute atomic E-state index is 0.0922. The number of pyridine rings is 1. The number of nitrogens with zero attached hydrogens (tertiary/aromatic N) is 5. The van der Waals surface area contributed by atoms with E-state index >= 15 is 0 Å². The molecule has 1 amide bonds. The highest BCUT2D eigenvalue weighted by Crippen LogP contribution is 2.32. The van der Waals surface area contributed by atoms with Gasteiger partial charge in [0, 0.05) is 63.3 Å². The maximum Gasteiger partial charge on any atom is 0.404 e. The van der Waals surface area contributed by atoms with Crippen LogP contribution in [-0.2, 0) is 17.7 Å². The molecule has 1 aromatic carbocycles. The lowest BCUT2D eigenvalue weighted by molar-refractivity contribution is 0.181. The molecule has 0 spiro atoms. The van der Waals surface area contributed by atoms with Crippen molar-refractivity contribution in [3.8, 4) is 22.4 Å². The van der Waals surface area contributed by atoms with Gasteiger partial charge in [-0.05, 0) is 50.7 Å². The Hall–Kier alpha value is -3.54. The summed E-state index contributed by atoms with van der Waals surface area (Å²) in [5, 5.41) is 12.8. The van der Waals surface area contributed by atoms with E-state index in [1.54, 1.807) is 41.4 Å². The van der Waals surface area contributed by atoms with Crippen LogP contribution >= 0.6 is 11.6 Å². The summed E-state index contributed by atoms with van der Waals surface area (Å²) < 4.78 is 13.7. The van der Waals surface area contributed by atoms with Crippen LogP contribution in [0.4, 0.5) is 4.79 Å². The van der Waals surface area contributed by atoms with E-state index in [4.69, 9.17) is 16.7 Å². The zero-order chi connectivity index (χ0) is 27.7. The molecule has 3 aromatic heterocycles. The molecule has 1 fully saturated rings. The molecule has 1 unspecified atom stereocenters. The smallest absolute Gasteiger partial charge is 0.404 e. The number of rotatable bonds is 6. The number of carbonyl (C=O) groups is 1. The molecular formula is C27H27ClN6O4S. The van der Waals surface area contributed by atoms with Crippen molar-refractivity contribution >= 4 is 39.9 Å². The van der Waals surface area contributed by atoms with Gasteiger partial charge in [0.15, 0.2) is 5.65 Å². The third-order valence-corrected chi connectivity index (χ3v) is 8.01. The Labute approximate surface area is 232 Å². The summed E-state index contributed by atoms with van der Waals surface area (Å²) in [5.74, 6) is 0.149. The Bertz CT molecular complexity index is 1600. The number of benzene rings is 1. The first-order chi connectivity index (χ1) is 18.7. The van der Waals surface area contributed by atoms with Crippen molar-refractivity contribution in [3.05, 3.63) is 63.9 Å². The van der Waals surface area contributed by atoms with Crippen molar-refractivity contribution in [1.82, 2.24) is 29.8 Å². The van der Waals surface area contributed by atoms with Gasteiger partial charge in [-0.3, -0.25) is 14.3 Å². The van der Waals surface area contributed by atoms with Crippen LogP contribution in [0.25, 0.3) is 33.4 Å². The zero-order valence-electron chi connectivity index (χ0n) is 21.4. The van der Waals surface area contributed by atoms with Gasteiger partial charge in [0.1, 0.15) is 6.26 Å². The Kier molecular flexibility index (Phi) is 7.83. The normalized spacial score (nSPS) is 18.2.